The van der Waals surface area contributed by atoms with Gasteiger partial charge in [0.05, 0.1) is 5.56 Å². The second-order valence-corrected chi connectivity index (χ2v) is 4.26. The number of phenols is 1. The zero-order valence-electron chi connectivity index (χ0n) is 9.47. The van der Waals surface area contributed by atoms with Crippen molar-refractivity contribution in [2.75, 3.05) is 0 Å². The fourth-order valence-electron chi connectivity index (χ4n) is 2.32. The van der Waals surface area contributed by atoms with Crippen LogP contribution in [0.2, 0.25) is 0 Å². The minimum atomic E-state index is 0.163. The van der Waals surface area contributed by atoms with E-state index in [1.54, 1.807) is 28.9 Å². The minimum Gasteiger partial charge on any atom is -0.508 e. The van der Waals surface area contributed by atoms with Crippen molar-refractivity contribution >= 4 is 5.78 Å². The van der Waals surface area contributed by atoms with E-state index in [2.05, 4.69) is 5.10 Å². The SMILES string of the molecule is Cn1nc(-c2ccc(O)cc2)c2c1CCC2=O. The molecular weight excluding hydrogens is 216 g/mol. The normalized spacial score (nSPS) is 14.1. The number of ketones is 1. The largest absolute Gasteiger partial charge is 0.508 e. The number of aromatic nitrogens is 2. The van der Waals surface area contributed by atoms with Crippen LogP contribution in [0.25, 0.3) is 11.3 Å². The van der Waals surface area contributed by atoms with Crippen molar-refractivity contribution in [3.05, 3.63) is 35.5 Å². The summed E-state index contributed by atoms with van der Waals surface area (Å²) in [5, 5.41) is 13.7. The fraction of sp³-hybridized carbons (Fsp3) is 0.231. The number of hydrogen-bond donors (Lipinski definition) is 1. The summed E-state index contributed by atoms with van der Waals surface area (Å²) in [6, 6.07) is 6.78. The molecule has 1 aliphatic rings. The highest BCUT2D eigenvalue weighted by Gasteiger charge is 2.28. The molecule has 0 saturated carbocycles. The van der Waals surface area contributed by atoms with E-state index in [0.717, 1.165) is 28.9 Å². The van der Waals surface area contributed by atoms with Gasteiger partial charge in [-0.05, 0) is 30.7 Å². The Morgan fingerprint density at radius 3 is 2.65 bits per heavy atom. The lowest BCUT2D eigenvalue weighted by molar-refractivity contribution is 0.0995. The Morgan fingerprint density at radius 2 is 1.94 bits per heavy atom. The molecule has 17 heavy (non-hydrogen) atoms. The molecule has 1 aliphatic carbocycles. The van der Waals surface area contributed by atoms with Gasteiger partial charge >= 0.3 is 0 Å². The second-order valence-electron chi connectivity index (χ2n) is 4.26. The minimum absolute atomic E-state index is 0.163. The summed E-state index contributed by atoms with van der Waals surface area (Å²) in [6.45, 7) is 0. The Labute approximate surface area is 98.5 Å². The van der Waals surface area contributed by atoms with E-state index in [4.69, 9.17) is 0 Å². The van der Waals surface area contributed by atoms with E-state index in [0.29, 0.717) is 6.42 Å². The van der Waals surface area contributed by atoms with E-state index >= 15 is 0 Å². The third-order valence-corrected chi connectivity index (χ3v) is 3.17. The lowest BCUT2D eigenvalue weighted by Crippen LogP contribution is -1.96. The van der Waals surface area contributed by atoms with Gasteiger partial charge in [0.25, 0.3) is 0 Å². The Kier molecular flexibility index (Phi) is 2.04. The molecule has 0 bridgehead atoms. The molecule has 0 fully saturated rings. The number of phenolic OH excluding ortho intramolecular Hbond substituents is 1. The first kappa shape index (κ1) is 10.1. The van der Waals surface area contributed by atoms with Crippen LogP contribution in [0.1, 0.15) is 22.5 Å². The van der Waals surface area contributed by atoms with Gasteiger partial charge in [0.2, 0.25) is 0 Å². The molecule has 0 atom stereocenters. The number of rotatable bonds is 1. The number of carbonyl (C=O) groups excluding carboxylic acids is 1. The highest BCUT2D eigenvalue weighted by atomic mass is 16.3. The van der Waals surface area contributed by atoms with Gasteiger partial charge in [-0.15, -0.1) is 0 Å². The molecule has 2 aromatic rings. The van der Waals surface area contributed by atoms with Crippen LogP contribution in [0, 0.1) is 0 Å². The number of Topliss-reactive ketones (excluding diaryl/α,β-unsaturated/α-hetero) is 1. The van der Waals surface area contributed by atoms with Gasteiger partial charge in [-0.25, -0.2) is 0 Å². The molecule has 0 spiro atoms. The van der Waals surface area contributed by atoms with Crippen LogP contribution >= 0.6 is 0 Å². The number of aromatic hydroxyl groups is 1. The Bertz CT molecular complexity index is 597. The first-order valence-corrected chi connectivity index (χ1v) is 5.55. The van der Waals surface area contributed by atoms with Gasteiger partial charge in [0.15, 0.2) is 5.78 Å². The van der Waals surface area contributed by atoms with Gasteiger partial charge in [-0.1, -0.05) is 0 Å². The summed E-state index contributed by atoms with van der Waals surface area (Å²) in [5.74, 6) is 0.379. The summed E-state index contributed by atoms with van der Waals surface area (Å²) in [4.78, 5) is 11.8. The zero-order chi connectivity index (χ0) is 12.0. The number of fused-ring (bicyclic) bond motifs is 1. The summed E-state index contributed by atoms with van der Waals surface area (Å²) >= 11 is 0. The van der Waals surface area contributed by atoms with E-state index in [1.165, 1.54) is 0 Å². The highest BCUT2D eigenvalue weighted by Crippen LogP contribution is 2.32. The molecule has 3 rings (SSSR count). The van der Waals surface area contributed by atoms with Gasteiger partial charge < -0.3 is 5.11 Å². The third-order valence-electron chi connectivity index (χ3n) is 3.17. The summed E-state index contributed by atoms with van der Waals surface area (Å²) in [5.41, 5.74) is 3.36. The predicted octanol–water partition coefficient (Wildman–Crippen LogP) is 1.92. The van der Waals surface area contributed by atoms with Crippen LogP contribution in [-0.2, 0) is 13.5 Å². The summed E-state index contributed by atoms with van der Waals surface area (Å²) < 4.78 is 1.78. The van der Waals surface area contributed by atoms with E-state index in [1.807, 2.05) is 7.05 Å². The van der Waals surface area contributed by atoms with Gasteiger partial charge in [0, 0.05) is 24.7 Å². The van der Waals surface area contributed by atoms with Crippen LogP contribution in [0.15, 0.2) is 24.3 Å². The molecule has 0 unspecified atom stereocenters. The van der Waals surface area contributed by atoms with Crippen LogP contribution in [0.3, 0.4) is 0 Å². The van der Waals surface area contributed by atoms with Gasteiger partial charge in [0.1, 0.15) is 11.4 Å². The van der Waals surface area contributed by atoms with Gasteiger partial charge in [-0.2, -0.15) is 5.10 Å². The molecular formula is C13H12N2O2. The van der Waals surface area contributed by atoms with Crippen molar-refractivity contribution < 1.29 is 9.90 Å². The molecule has 4 nitrogen and oxygen atoms in total. The third kappa shape index (κ3) is 1.45. The number of hydrogen-bond acceptors (Lipinski definition) is 3. The number of nitrogens with zero attached hydrogens (tertiary/aromatic N) is 2. The van der Waals surface area contributed by atoms with Crippen LogP contribution < -0.4 is 0 Å². The van der Waals surface area contributed by atoms with E-state index in [-0.39, 0.29) is 11.5 Å². The first-order chi connectivity index (χ1) is 8.16. The Balaban J connectivity index is 2.19. The maximum atomic E-state index is 11.8. The zero-order valence-corrected chi connectivity index (χ0v) is 9.47. The number of benzene rings is 1. The Hall–Kier alpha value is -2.10. The first-order valence-electron chi connectivity index (χ1n) is 5.55. The molecule has 1 aromatic heterocycles. The standard InChI is InChI=1S/C13H12N2O2/c1-15-10-6-7-11(17)12(10)13(14-15)8-2-4-9(16)5-3-8/h2-5,16H,6-7H2,1H3. The van der Waals surface area contributed by atoms with Crippen molar-refractivity contribution in [2.24, 2.45) is 7.05 Å². The lowest BCUT2D eigenvalue weighted by atomic mass is 10.1. The van der Waals surface area contributed by atoms with Crippen molar-refractivity contribution in [3.8, 4) is 17.0 Å². The van der Waals surface area contributed by atoms with Crippen molar-refractivity contribution in [2.45, 2.75) is 12.8 Å². The van der Waals surface area contributed by atoms with Crippen LogP contribution in [-0.4, -0.2) is 20.7 Å². The molecule has 0 saturated heterocycles. The van der Waals surface area contributed by atoms with E-state index < -0.39 is 0 Å². The van der Waals surface area contributed by atoms with Crippen molar-refractivity contribution in [1.29, 1.82) is 0 Å². The smallest absolute Gasteiger partial charge is 0.167 e. The molecule has 1 aromatic carbocycles. The fourth-order valence-corrected chi connectivity index (χ4v) is 2.32. The molecule has 0 amide bonds. The molecule has 86 valence electrons. The summed E-state index contributed by atoms with van der Waals surface area (Å²) in [6.07, 6.45) is 1.35. The van der Waals surface area contributed by atoms with Crippen LogP contribution in [0.4, 0.5) is 0 Å². The molecule has 0 radical (unpaired) electrons. The summed E-state index contributed by atoms with van der Waals surface area (Å²) in [7, 11) is 1.86. The predicted molar refractivity (Wildman–Crippen MR) is 63.0 cm³/mol. The number of aryl methyl sites for hydroxylation is 1. The molecule has 4 heteroatoms. The molecule has 1 N–H and O–H groups in total. The average molecular weight is 228 g/mol. The highest BCUT2D eigenvalue weighted by molar-refractivity contribution is 6.05. The Morgan fingerprint density at radius 1 is 1.24 bits per heavy atom. The molecule has 1 heterocycles. The quantitative estimate of drug-likeness (QED) is 0.811. The molecule has 0 aliphatic heterocycles. The van der Waals surface area contributed by atoms with E-state index in [9.17, 15) is 9.90 Å². The lowest BCUT2D eigenvalue weighted by Gasteiger charge is -1.99. The number of carbonyl (C=O) groups is 1. The maximum absolute atomic E-state index is 11.8. The second kappa shape index (κ2) is 3.45. The monoisotopic (exact) mass is 228 g/mol. The topological polar surface area (TPSA) is 55.1 Å². The van der Waals surface area contributed by atoms with Crippen molar-refractivity contribution in [3.63, 3.8) is 0 Å². The maximum Gasteiger partial charge on any atom is 0.167 e. The average Bonchev–Trinajstić information content (AvgIpc) is 2.83. The van der Waals surface area contributed by atoms with Crippen molar-refractivity contribution in [1.82, 2.24) is 9.78 Å². The van der Waals surface area contributed by atoms with Crippen LogP contribution in [0.5, 0.6) is 5.75 Å². The van der Waals surface area contributed by atoms with Gasteiger partial charge in [-0.3, -0.25) is 9.48 Å².